The van der Waals surface area contributed by atoms with Gasteiger partial charge in [0.25, 0.3) is 5.91 Å². The van der Waals surface area contributed by atoms with Crippen molar-refractivity contribution >= 4 is 37.3 Å². The maximum absolute atomic E-state index is 12.7. The number of fused-ring (bicyclic) bond motifs is 1. The molecule has 7 heteroatoms. The van der Waals surface area contributed by atoms with Gasteiger partial charge in [-0.3, -0.25) is 4.79 Å². The molecule has 27 heavy (non-hydrogen) atoms. The van der Waals surface area contributed by atoms with Gasteiger partial charge in [0, 0.05) is 18.4 Å². The lowest BCUT2D eigenvalue weighted by Crippen LogP contribution is -2.17. The summed E-state index contributed by atoms with van der Waals surface area (Å²) in [6.45, 7) is 6.73. The minimum atomic E-state index is -3.29. The lowest BCUT2D eigenvalue weighted by Gasteiger charge is -2.04. The summed E-state index contributed by atoms with van der Waals surface area (Å²) in [5, 5.41) is 0. The topological polar surface area (TPSA) is 68.5 Å². The summed E-state index contributed by atoms with van der Waals surface area (Å²) in [4.78, 5) is 17.9. The molecule has 0 aliphatic heterocycles. The van der Waals surface area contributed by atoms with Gasteiger partial charge >= 0.3 is 0 Å². The highest BCUT2D eigenvalue weighted by Gasteiger charge is 2.13. The third-order valence-corrected chi connectivity index (χ3v) is 6.63. The Bertz CT molecular complexity index is 1200. The Labute approximate surface area is 162 Å². The van der Waals surface area contributed by atoms with Crippen LogP contribution in [0.25, 0.3) is 10.2 Å². The summed E-state index contributed by atoms with van der Waals surface area (Å²) < 4.78 is 26.5. The van der Waals surface area contributed by atoms with Gasteiger partial charge in [-0.25, -0.2) is 8.42 Å². The molecule has 142 valence electrons. The molecule has 0 bridgehead atoms. The number of rotatable bonds is 4. The van der Waals surface area contributed by atoms with Gasteiger partial charge in [-0.15, -0.1) is 0 Å². The molecular weight excluding hydrogens is 380 g/mol. The summed E-state index contributed by atoms with van der Waals surface area (Å²) in [6, 6.07) is 10.6. The summed E-state index contributed by atoms with van der Waals surface area (Å²) in [6.07, 6.45) is 2.07. The molecule has 3 aromatic rings. The van der Waals surface area contributed by atoms with Gasteiger partial charge in [-0.1, -0.05) is 24.3 Å². The van der Waals surface area contributed by atoms with Gasteiger partial charge < -0.3 is 4.57 Å². The Hall–Kier alpha value is -2.25. The zero-order chi connectivity index (χ0) is 19.8. The van der Waals surface area contributed by atoms with Crippen LogP contribution >= 0.6 is 11.3 Å². The zero-order valence-corrected chi connectivity index (χ0v) is 17.4. The molecule has 1 heterocycles. The number of thiazole rings is 1. The van der Waals surface area contributed by atoms with Crippen LogP contribution in [0, 0.1) is 13.8 Å². The summed E-state index contributed by atoms with van der Waals surface area (Å²) in [5.74, 6) is -0.294. The van der Waals surface area contributed by atoms with Gasteiger partial charge in [0.2, 0.25) is 0 Å². The van der Waals surface area contributed by atoms with Crippen LogP contribution in [-0.4, -0.2) is 25.1 Å². The number of hydrogen-bond acceptors (Lipinski definition) is 4. The largest absolute Gasteiger partial charge is 0.316 e. The van der Waals surface area contributed by atoms with Crippen molar-refractivity contribution in [2.75, 3.05) is 6.26 Å². The van der Waals surface area contributed by atoms with Crippen molar-refractivity contribution in [2.45, 2.75) is 38.6 Å². The van der Waals surface area contributed by atoms with Crippen molar-refractivity contribution in [1.82, 2.24) is 4.57 Å². The number of hydrogen-bond donors (Lipinski definition) is 0. The van der Waals surface area contributed by atoms with E-state index >= 15 is 0 Å². The molecule has 0 unspecified atom stereocenters. The molecule has 0 saturated heterocycles. The third-order valence-electron chi connectivity index (χ3n) is 4.48. The molecule has 5 nitrogen and oxygen atoms in total. The van der Waals surface area contributed by atoms with Gasteiger partial charge in [0.1, 0.15) is 0 Å². The van der Waals surface area contributed by atoms with E-state index in [0.717, 1.165) is 27.8 Å². The Kier molecular flexibility index (Phi) is 5.35. The SMILES string of the molecule is CCCn1c(=NC(=O)c2ccc(C)c(C)c2)sc2cc(S(C)(=O)=O)ccc21. The Morgan fingerprint density at radius 1 is 1.11 bits per heavy atom. The van der Waals surface area contributed by atoms with E-state index in [9.17, 15) is 13.2 Å². The van der Waals surface area contributed by atoms with Crippen molar-refractivity contribution < 1.29 is 13.2 Å². The van der Waals surface area contributed by atoms with Gasteiger partial charge in [0.15, 0.2) is 14.6 Å². The number of sulfone groups is 1. The van der Waals surface area contributed by atoms with Crippen molar-refractivity contribution in [3.8, 4) is 0 Å². The third kappa shape index (κ3) is 4.04. The summed E-state index contributed by atoms with van der Waals surface area (Å²) in [7, 11) is -3.29. The van der Waals surface area contributed by atoms with Crippen molar-refractivity contribution in [3.05, 3.63) is 57.9 Å². The number of carbonyl (C=O) groups is 1. The smallest absolute Gasteiger partial charge is 0.279 e. The molecule has 0 aliphatic rings. The molecule has 0 N–H and O–H groups in total. The second-order valence-corrected chi connectivity index (χ2v) is 9.68. The molecule has 0 atom stereocenters. The number of aryl methyl sites for hydroxylation is 3. The van der Waals surface area contributed by atoms with Crippen LogP contribution in [0.3, 0.4) is 0 Å². The first-order chi connectivity index (χ1) is 12.7. The first kappa shape index (κ1) is 19.5. The van der Waals surface area contributed by atoms with E-state index in [1.54, 1.807) is 24.3 Å². The molecule has 1 aromatic heterocycles. The Balaban J connectivity index is 2.16. The second-order valence-electron chi connectivity index (χ2n) is 6.65. The normalized spacial score (nSPS) is 12.7. The van der Waals surface area contributed by atoms with Crippen molar-refractivity contribution in [1.29, 1.82) is 0 Å². The molecular formula is C20H22N2O3S2. The quantitative estimate of drug-likeness (QED) is 0.665. The number of aromatic nitrogens is 1. The van der Waals surface area contributed by atoms with Gasteiger partial charge in [-0.05, 0) is 61.7 Å². The molecule has 0 radical (unpaired) electrons. The first-order valence-electron chi connectivity index (χ1n) is 8.70. The van der Waals surface area contributed by atoms with Gasteiger partial charge in [-0.2, -0.15) is 4.99 Å². The van der Waals surface area contributed by atoms with Crippen LogP contribution in [0.4, 0.5) is 0 Å². The molecule has 0 fully saturated rings. The maximum atomic E-state index is 12.7. The van der Waals surface area contributed by atoms with E-state index in [1.165, 1.54) is 17.6 Å². The second kappa shape index (κ2) is 7.40. The van der Waals surface area contributed by atoms with Crippen LogP contribution in [-0.2, 0) is 16.4 Å². The van der Waals surface area contributed by atoms with E-state index in [2.05, 4.69) is 11.9 Å². The van der Waals surface area contributed by atoms with E-state index in [1.807, 2.05) is 30.5 Å². The summed E-state index contributed by atoms with van der Waals surface area (Å²) in [5.41, 5.74) is 3.62. The molecule has 0 saturated carbocycles. The monoisotopic (exact) mass is 402 g/mol. The van der Waals surface area contributed by atoms with Crippen LogP contribution in [0.15, 0.2) is 46.3 Å². The van der Waals surface area contributed by atoms with Crippen LogP contribution in [0.2, 0.25) is 0 Å². The number of amides is 1. The standard InChI is InChI=1S/C20H22N2O3S2/c1-5-10-22-17-9-8-16(27(4,24)25)12-18(17)26-20(22)21-19(23)15-7-6-13(2)14(3)11-15/h6-9,11-12H,5,10H2,1-4H3. The molecule has 0 aliphatic carbocycles. The lowest BCUT2D eigenvalue weighted by atomic mass is 10.1. The fourth-order valence-corrected chi connectivity index (χ4v) is 4.65. The van der Waals surface area contributed by atoms with Crippen molar-refractivity contribution in [3.63, 3.8) is 0 Å². The van der Waals surface area contributed by atoms with Crippen molar-refractivity contribution in [2.24, 2.45) is 4.99 Å². The van der Waals surface area contributed by atoms with Crippen LogP contribution < -0.4 is 4.80 Å². The van der Waals surface area contributed by atoms with E-state index in [4.69, 9.17) is 0 Å². The fraction of sp³-hybridized carbons (Fsp3) is 0.300. The lowest BCUT2D eigenvalue weighted by molar-refractivity contribution is 0.0997. The predicted octanol–water partition coefficient (Wildman–Crippen LogP) is 3.87. The zero-order valence-electron chi connectivity index (χ0n) is 15.8. The molecule has 1 amide bonds. The van der Waals surface area contributed by atoms with E-state index in [-0.39, 0.29) is 10.8 Å². The number of benzene rings is 2. The number of carbonyl (C=O) groups excluding carboxylic acids is 1. The highest BCUT2D eigenvalue weighted by Crippen LogP contribution is 2.22. The molecule has 2 aromatic carbocycles. The average molecular weight is 403 g/mol. The predicted molar refractivity (Wildman–Crippen MR) is 109 cm³/mol. The maximum Gasteiger partial charge on any atom is 0.279 e. The highest BCUT2D eigenvalue weighted by molar-refractivity contribution is 7.90. The Morgan fingerprint density at radius 2 is 1.85 bits per heavy atom. The fourth-order valence-electron chi connectivity index (χ4n) is 2.84. The van der Waals surface area contributed by atoms with Crippen LogP contribution in [0.1, 0.15) is 34.8 Å². The number of nitrogens with zero attached hydrogens (tertiary/aromatic N) is 2. The first-order valence-corrected chi connectivity index (χ1v) is 11.4. The Morgan fingerprint density at radius 3 is 2.48 bits per heavy atom. The summed E-state index contributed by atoms with van der Waals surface area (Å²) >= 11 is 1.34. The average Bonchev–Trinajstić information content (AvgIpc) is 2.93. The van der Waals surface area contributed by atoms with Crippen LogP contribution in [0.5, 0.6) is 0 Å². The van der Waals surface area contributed by atoms with Gasteiger partial charge in [0.05, 0.1) is 15.1 Å². The van der Waals surface area contributed by atoms with E-state index < -0.39 is 9.84 Å². The molecule has 3 rings (SSSR count). The highest BCUT2D eigenvalue weighted by atomic mass is 32.2. The molecule has 0 spiro atoms. The minimum Gasteiger partial charge on any atom is -0.316 e. The van der Waals surface area contributed by atoms with E-state index in [0.29, 0.717) is 16.9 Å². The minimum absolute atomic E-state index is 0.270.